The first-order valence-electron chi connectivity index (χ1n) is 9.46. The van der Waals surface area contributed by atoms with E-state index in [2.05, 4.69) is 10.1 Å². The van der Waals surface area contributed by atoms with E-state index in [4.69, 9.17) is 9.63 Å². The standard InChI is InChI=1S/C18H28N4O5/c1-3-5-14-19-15(27-20-14)6-4-7-16(23)21(2)12-17(24)22-10-8-13(9-11-22)18(25)26/h13H,3-12H2,1-2H3,(H,25,26). The fourth-order valence-corrected chi connectivity index (χ4v) is 3.07. The minimum Gasteiger partial charge on any atom is -0.481 e. The molecule has 0 aliphatic carbocycles. The molecule has 0 saturated carbocycles. The molecule has 0 aromatic carbocycles. The lowest BCUT2D eigenvalue weighted by molar-refractivity contribution is -0.146. The van der Waals surface area contributed by atoms with E-state index < -0.39 is 5.97 Å². The first kappa shape index (κ1) is 20.9. The van der Waals surface area contributed by atoms with Crippen LogP contribution in [-0.4, -0.2) is 69.5 Å². The molecule has 1 saturated heterocycles. The molecule has 9 heteroatoms. The van der Waals surface area contributed by atoms with Crippen molar-refractivity contribution in [1.82, 2.24) is 19.9 Å². The van der Waals surface area contributed by atoms with Crippen LogP contribution in [0.25, 0.3) is 0 Å². The van der Waals surface area contributed by atoms with Gasteiger partial charge in [-0.15, -0.1) is 0 Å². The van der Waals surface area contributed by atoms with E-state index in [-0.39, 0.29) is 24.3 Å². The SMILES string of the molecule is CCCc1noc(CCCC(=O)N(C)CC(=O)N2CCC(C(=O)O)CC2)n1. The molecular formula is C18H28N4O5. The number of amides is 2. The fraction of sp³-hybridized carbons (Fsp3) is 0.722. The van der Waals surface area contributed by atoms with Crippen molar-refractivity contribution in [2.24, 2.45) is 5.92 Å². The van der Waals surface area contributed by atoms with Gasteiger partial charge >= 0.3 is 5.97 Å². The number of carbonyl (C=O) groups excluding carboxylic acids is 2. The zero-order valence-corrected chi connectivity index (χ0v) is 16.0. The number of nitrogens with zero attached hydrogens (tertiary/aromatic N) is 4. The van der Waals surface area contributed by atoms with Crippen LogP contribution >= 0.6 is 0 Å². The predicted octanol–water partition coefficient (Wildman–Crippen LogP) is 1.13. The van der Waals surface area contributed by atoms with E-state index in [0.717, 1.165) is 12.8 Å². The number of carbonyl (C=O) groups is 3. The van der Waals surface area contributed by atoms with Crippen LogP contribution in [0.2, 0.25) is 0 Å². The van der Waals surface area contributed by atoms with Crippen LogP contribution in [0.3, 0.4) is 0 Å². The molecule has 1 aromatic rings. The lowest BCUT2D eigenvalue weighted by Crippen LogP contribution is -2.45. The third kappa shape index (κ3) is 6.33. The van der Waals surface area contributed by atoms with E-state index >= 15 is 0 Å². The van der Waals surface area contributed by atoms with E-state index in [1.807, 2.05) is 6.92 Å². The van der Waals surface area contributed by atoms with Gasteiger partial charge in [0.2, 0.25) is 17.7 Å². The third-order valence-electron chi connectivity index (χ3n) is 4.76. The molecule has 1 N–H and O–H groups in total. The smallest absolute Gasteiger partial charge is 0.306 e. The number of hydrogen-bond donors (Lipinski definition) is 1. The number of aliphatic carboxylic acids is 1. The highest BCUT2D eigenvalue weighted by atomic mass is 16.5. The topological polar surface area (TPSA) is 117 Å². The van der Waals surface area contributed by atoms with Gasteiger partial charge in [-0.3, -0.25) is 14.4 Å². The molecule has 0 bridgehead atoms. The summed E-state index contributed by atoms with van der Waals surface area (Å²) in [4.78, 5) is 42.8. The number of piperidine rings is 1. The van der Waals surface area contributed by atoms with Crippen molar-refractivity contribution in [3.63, 3.8) is 0 Å². The summed E-state index contributed by atoms with van der Waals surface area (Å²) in [5.74, 6) is -0.222. The minimum absolute atomic E-state index is 0.0117. The van der Waals surface area contributed by atoms with Crippen molar-refractivity contribution in [2.45, 2.75) is 51.9 Å². The Labute approximate surface area is 158 Å². The zero-order chi connectivity index (χ0) is 19.8. The van der Waals surface area contributed by atoms with Crippen LogP contribution in [-0.2, 0) is 27.2 Å². The lowest BCUT2D eigenvalue weighted by Gasteiger charge is -2.31. The van der Waals surface area contributed by atoms with E-state index in [9.17, 15) is 14.4 Å². The Morgan fingerprint density at radius 2 is 1.96 bits per heavy atom. The van der Waals surface area contributed by atoms with Crippen LogP contribution in [0.15, 0.2) is 4.52 Å². The highest BCUT2D eigenvalue weighted by Gasteiger charge is 2.27. The monoisotopic (exact) mass is 380 g/mol. The van der Waals surface area contributed by atoms with Crippen LogP contribution in [0.1, 0.15) is 50.7 Å². The van der Waals surface area contributed by atoms with E-state index in [0.29, 0.717) is 56.9 Å². The van der Waals surface area contributed by atoms with Gasteiger partial charge in [-0.05, 0) is 25.7 Å². The molecule has 1 aromatic heterocycles. The molecule has 2 heterocycles. The summed E-state index contributed by atoms with van der Waals surface area (Å²) in [5, 5.41) is 12.9. The van der Waals surface area contributed by atoms with Gasteiger partial charge in [-0.2, -0.15) is 4.98 Å². The van der Waals surface area contributed by atoms with E-state index in [1.54, 1.807) is 11.9 Å². The Kier molecular flexibility index (Phi) is 7.75. The van der Waals surface area contributed by atoms with Crippen LogP contribution in [0.4, 0.5) is 0 Å². The number of likely N-dealkylation sites (tertiary alicyclic amines) is 1. The zero-order valence-electron chi connectivity index (χ0n) is 16.0. The van der Waals surface area contributed by atoms with Gasteiger partial charge in [0.25, 0.3) is 0 Å². The van der Waals surface area contributed by atoms with Crippen molar-refractivity contribution in [3.8, 4) is 0 Å². The van der Waals surface area contributed by atoms with Gasteiger partial charge < -0.3 is 19.4 Å². The molecule has 27 heavy (non-hydrogen) atoms. The Balaban J connectivity index is 1.68. The summed E-state index contributed by atoms with van der Waals surface area (Å²) < 4.78 is 5.14. The van der Waals surface area contributed by atoms with Crippen molar-refractivity contribution in [2.75, 3.05) is 26.7 Å². The summed E-state index contributed by atoms with van der Waals surface area (Å²) in [6.45, 7) is 2.90. The number of aryl methyl sites for hydroxylation is 2. The average molecular weight is 380 g/mol. The Morgan fingerprint density at radius 3 is 2.59 bits per heavy atom. The van der Waals surface area contributed by atoms with Gasteiger partial charge in [0.15, 0.2) is 5.82 Å². The number of aromatic nitrogens is 2. The maximum absolute atomic E-state index is 12.3. The number of carboxylic acid groups (broad SMARTS) is 1. The van der Waals surface area contributed by atoms with Gasteiger partial charge in [0, 0.05) is 39.4 Å². The molecular weight excluding hydrogens is 352 g/mol. The Bertz CT molecular complexity index is 652. The van der Waals surface area contributed by atoms with Gasteiger partial charge in [0.05, 0.1) is 12.5 Å². The molecule has 0 spiro atoms. The minimum atomic E-state index is -0.808. The molecule has 1 aliphatic heterocycles. The summed E-state index contributed by atoms with van der Waals surface area (Å²) >= 11 is 0. The largest absolute Gasteiger partial charge is 0.481 e. The highest BCUT2D eigenvalue weighted by molar-refractivity contribution is 5.84. The molecule has 150 valence electrons. The van der Waals surface area contributed by atoms with Crippen LogP contribution in [0.5, 0.6) is 0 Å². The molecule has 0 atom stereocenters. The highest BCUT2D eigenvalue weighted by Crippen LogP contribution is 2.17. The second-order valence-electron chi connectivity index (χ2n) is 6.95. The number of carboxylic acids is 1. The maximum Gasteiger partial charge on any atom is 0.306 e. The van der Waals surface area contributed by atoms with Crippen molar-refractivity contribution in [1.29, 1.82) is 0 Å². The predicted molar refractivity (Wildman–Crippen MR) is 95.8 cm³/mol. The van der Waals surface area contributed by atoms with Crippen LogP contribution in [0, 0.1) is 5.92 Å². The molecule has 9 nitrogen and oxygen atoms in total. The summed E-state index contributed by atoms with van der Waals surface area (Å²) in [6, 6.07) is 0. The first-order chi connectivity index (χ1) is 12.9. The Hall–Kier alpha value is -2.45. The molecule has 0 radical (unpaired) electrons. The lowest BCUT2D eigenvalue weighted by atomic mass is 9.97. The maximum atomic E-state index is 12.3. The average Bonchev–Trinajstić information content (AvgIpc) is 3.09. The summed E-state index contributed by atoms with van der Waals surface area (Å²) in [7, 11) is 1.61. The normalized spacial score (nSPS) is 15.0. The number of likely N-dealkylation sites (N-methyl/N-ethyl adjacent to an activating group) is 1. The van der Waals surface area contributed by atoms with Crippen molar-refractivity contribution >= 4 is 17.8 Å². The number of hydrogen-bond acceptors (Lipinski definition) is 6. The summed E-state index contributed by atoms with van der Waals surface area (Å²) in [5.41, 5.74) is 0. The van der Waals surface area contributed by atoms with Crippen molar-refractivity contribution < 1.29 is 24.0 Å². The second kappa shape index (κ2) is 10.0. The Morgan fingerprint density at radius 1 is 1.26 bits per heavy atom. The molecule has 1 fully saturated rings. The number of rotatable bonds is 9. The molecule has 1 aliphatic rings. The summed E-state index contributed by atoms with van der Waals surface area (Å²) in [6.07, 6.45) is 4.06. The fourth-order valence-electron chi connectivity index (χ4n) is 3.07. The first-order valence-corrected chi connectivity index (χ1v) is 9.46. The molecule has 2 rings (SSSR count). The van der Waals surface area contributed by atoms with Gasteiger partial charge in [-0.1, -0.05) is 12.1 Å². The van der Waals surface area contributed by atoms with Crippen LogP contribution < -0.4 is 0 Å². The van der Waals surface area contributed by atoms with E-state index in [1.165, 1.54) is 4.90 Å². The molecule has 0 unspecified atom stereocenters. The molecule has 2 amide bonds. The third-order valence-corrected chi connectivity index (χ3v) is 4.76. The van der Waals surface area contributed by atoms with Gasteiger partial charge in [0.1, 0.15) is 0 Å². The van der Waals surface area contributed by atoms with Gasteiger partial charge in [-0.25, -0.2) is 0 Å². The second-order valence-corrected chi connectivity index (χ2v) is 6.95. The van der Waals surface area contributed by atoms with Crippen molar-refractivity contribution in [3.05, 3.63) is 11.7 Å². The quantitative estimate of drug-likeness (QED) is 0.682.